The molecule has 0 saturated carbocycles. The zero-order chi connectivity index (χ0) is 15.9. The zero-order valence-electron chi connectivity index (χ0n) is 14.2. The van der Waals surface area contributed by atoms with E-state index >= 15 is 0 Å². The van der Waals surface area contributed by atoms with Gasteiger partial charge in [-0.1, -0.05) is 32.9 Å². The summed E-state index contributed by atoms with van der Waals surface area (Å²) in [6, 6.07) is -2.63. The minimum atomic E-state index is -2.63. The predicted octanol–water partition coefficient (Wildman–Crippen LogP) is 0.599. The van der Waals surface area contributed by atoms with Gasteiger partial charge in [-0.25, -0.2) is 23.4 Å². The van der Waals surface area contributed by atoms with Crippen LogP contribution >= 0.6 is 33.2 Å². The molecule has 0 aliphatic heterocycles. The maximum atomic E-state index is 6.28. The number of allylic oxidation sites excluding steroid dienone is 8. The molecule has 0 aromatic carbocycles. The molecule has 0 N–H and O–H groups in total. The molecule has 2 aliphatic rings. The zero-order valence-corrected chi connectivity index (χ0v) is 22.4. The smallest absolute Gasteiger partial charge is 1.00 e. The van der Waals surface area contributed by atoms with Crippen LogP contribution in [0, 0.1) is 12.2 Å². The Labute approximate surface area is 195 Å². The largest absolute Gasteiger partial charge is 4.00 e. The molecule has 0 nitrogen and oxygen atoms in total. The van der Waals surface area contributed by atoms with Gasteiger partial charge in [0.05, 0.1) is 0 Å². The Morgan fingerprint density at radius 1 is 1.12 bits per heavy atom. The Morgan fingerprint density at radius 3 is 2.04 bits per heavy atom. The second-order valence-corrected chi connectivity index (χ2v) is 19.9. The van der Waals surface area contributed by atoms with Gasteiger partial charge >= 0.3 is 32.2 Å². The number of rotatable bonds is 5. The molecular formula is C16H23Cl5Si2Zr. The predicted molar refractivity (Wildman–Crippen MR) is 102 cm³/mol. The minimum absolute atomic E-state index is 0. The summed E-state index contributed by atoms with van der Waals surface area (Å²) < 4.78 is 0. The third-order valence-electron chi connectivity index (χ3n) is 3.82. The van der Waals surface area contributed by atoms with Crippen LogP contribution in [0.3, 0.4) is 0 Å². The van der Waals surface area contributed by atoms with Gasteiger partial charge in [0.25, 0.3) is 0 Å². The molecule has 2 rings (SSSR count). The number of hydrogen-bond acceptors (Lipinski definition) is 0. The fraction of sp³-hybridized carbons (Fsp3) is 0.500. The van der Waals surface area contributed by atoms with Crippen molar-refractivity contribution in [3.63, 3.8) is 0 Å². The summed E-state index contributed by atoms with van der Waals surface area (Å²) in [7, 11) is -1.67. The van der Waals surface area contributed by atoms with Crippen molar-refractivity contribution in [2.75, 3.05) is 0 Å². The van der Waals surface area contributed by atoms with E-state index in [0.717, 1.165) is 25.7 Å². The summed E-state index contributed by atoms with van der Waals surface area (Å²) in [5.41, 5.74) is 0. The van der Waals surface area contributed by atoms with Gasteiger partial charge in [-0.05, 0) is 5.16 Å². The van der Waals surface area contributed by atoms with Crippen LogP contribution in [0.15, 0.2) is 35.6 Å². The fourth-order valence-electron chi connectivity index (χ4n) is 2.60. The van der Waals surface area contributed by atoms with Gasteiger partial charge in [-0.15, -0.1) is 46.1 Å². The van der Waals surface area contributed by atoms with E-state index < -0.39 is 14.1 Å². The summed E-state index contributed by atoms with van der Waals surface area (Å²) in [5, 5.41) is 1.63. The van der Waals surface area contributed by atoms with E-state index in [1.54, 1.807) is 0 Å². The Bertz CT molecular complexity index is 444. The first-order valence-corrected chi connectivity index (χ1v) is 15.6. The van der Waals surface area contributed by atoms with E-state index in [2.05, 4.69) is 50.4 Å². The van der Waals surface area contributed by atoms with Gasteiger partial charge in [0.2, 0.25) is 0 Å². The van der Waals surface area contributed by atoms with E-state index in [0.29, 0.717) is 5.16 Å². The molecule has 0 fully saturated rings. The van der Waals surface area contributed by atoms with Crippen molar-refractivity contribution in [2.24, 2.45) is 0 Å². The molecule has 24 heavy (non-hydrogen) atoms. The number of hydrogen-bond donors (Lipinski definition) is 0. The Morgan fingerprint density at radius 2 is 1.75 bits per heavy atom. The first-order chi connectivity index (χ1) is 9.80. The SMILES string of the molecule is CCCC([Si](Cl)(Cl)Cl)[Si](C)(C)C1=[C-]CC=C1.[C-]1=CC=CC1.[Cl-].[Cl-].[Zr+4]. The molecule has 134 valence electrons. The molecule has 1 atom stereocenters. The molecule has 8 heteroatoms. The molecular weight excluding hydrogens is 517 g/mol. The van der Waals surface area contributed by atoms with Crippen molar-refractivity contribution in [1.82, 2.24) is 0 Å². The molecule has 0 aromatic heterocycles. The normalized spacial score (nSPS) is 16.2. The molecule has 2 aliphatic carbocycles. The molecule has 0 amide bonds. The molecule has 0 heterocycles. The van der Waals surface area contributed by atoms with Crippen LogP contribution in [0.2, 0.25) is 18.3 Å². The fourth-order valence-corrected chi connectivity index (χ4v) is 17.8. The quantitative estimate of drug-likeness (QED) is 0.273. The molecule has 1 unspecified atom stereocenters. The van der Waals surface area contributed by atoms with Gasteiger partial charge in [-0.3, -0.25) is 12.2 Å². The van der Waals surface area contributed by atoms with E-state index in [-0.39, 0.29) is 51.0 Å². The van der Waals surface area contributed by atoms with Crippen LogP contribution in [-0.2, 0) is 26.2 Å². The van der Waals surface area contributed by atoms with Crippen LogP contribution < -0.4 is 24.8 Å². The summed E-state index contributed by atoms with van der Waals surface area (Å²) in [6.07, 6.45) is 20.8. The standard InChI is InChI=1S/C11H18Cl3Si2.C5H5.2ClH.Zr/c1-4-7-11(16(12,13)14)15(2,3)10-8-5-6-9-10;1-2-4-5-3-1;;;/h5,8,11H,4,6-7H2,1-3H3;1-3H,4H2;2*1H;/q2*-1;;;+4/p-2. The first-order valence-electron chi connectivity index (χ1n) is 7.36. The first kappa shape index (κ1) is 30.5. The maximum Gasteiger partial charge on any atom is 4.00 e. The van der Waals surface area contributed by atoms with Crippen LogP contribution in [-0.4, -0.2) is 14.1 Å². The summed E-state index contributed by atoms with van der Waals surface area (Å²) >= 11 is 18.8. The van der Waals surface area contributed by atoms with E-state index in [1.165, 1.54) is 5.20 Å². The van der Waals surface area contributed by atoms with E-state index in [4.69, 9.17) is 33.2 Å². The summed E-state index contributed by atoms with van der Waals surface area (Å²) in [5.74, 6) is 0. The Kier molecular flexibility index (Phi) is 18.7. The van der Waals surface area contributed by atoms with Gasteiger partial charge in [-0.2, -0.15) is 12.2 Å². The van der Waals surface area contributed by atoms with E-state index in [9.17, 15) is 0 Å². The van der Waals surface area contributed by atoms with E-state index in [1.807, 2.05) is 12.2 Å². The Balaban J connectivity index is -0.000000475. The van der Waals surface area contributed by atoms with Crippen LogP contribution in [0.1, 0.15) is 32.6 Å². The van der Waals surface area contributed by atoms with Gasteiger partial charge in [0, 0.05) is 8.07 Å². The molecule has 0 aromatic rings. The second-order valence-electron chi connectivity index (χ2n) is 5.80. The Hall–Kier alpha value is 1.73. The van der Waals surface area contributed by atoms with Crippen molar-refractivity contribution < 1.29 is 51.0 Å². The molecule has 0 spiro atoms. The van der Waals surface area contributed by atoms with Crippen LogP contribution in [0.25, 0.3) is 0 Å². The summed E-state index contributed by atoms with van der Waals surface area (Å²) in [6.45, 7) is 6.77. The molecule has 0 bridgehead atoms. The number of halogens is 5. The van der Waals surface area contributed by atoms with Crippen LogP contribution in [0.5, 0.6) is 0 Å². The van der Waals surface area contributed by atoms with Crippen molar-refractivity contribution in [3.8, 4) is 0 Å². The molecule has 0 radical (unpaired) electrons. The third kappa shape index (κ3) is 10.2. The van der Waals surface area contributed by atoms with Crippen molar-refractivity contribution in [1.29, 1.82) is 0 Å². The van der Waals surface area contributed by atoms with Crippen molar-refractivity contribution in [3.05, 3.63) is 47.7 Å². The van der Waals surface area contributed by atoms with Gasteiger partial charge in [0.15, 0.2) is 0 Å². The topological polar surface area (TPSA) is 0 Å². The maximum absolute atomic E-state index is 6.28. The summed E-state index contributed by atoms with van der Waals surface area (Å²) in [4.78, 5) is 0. The van der Waals surface area contributed by atoms with Crippen molar-refractivity contribution >= 4 is 47.3 Å². The van der Waals surface area contributed by atoms with Crippen LogP contribution in [0.4, 0.5) is 0 Å². The second kappa shape index (κ2) is 14.7. The van der Waals surface area contributed by atoms with Gasteiger partial charge < -0.3 is 24.8 Å². The molecule has 0 saturated heterocycles. The van der Waals surface area contributed by atoms with Gasteiger partial charge in [0.1, 0.15) is 0 Å². The average Bonchev–Trinajstić information content (AvgIpc) is 3.07. The monoisotopic (exact) mass is 536 g/mol. The average molecular weight is 540 g/mol. The van der Waals surface area contributed by atoms with Crippen molar-refractivity contribution in [2.45, 2.75) is 50.9 Å². The third-order valence-corrected chi connectivity index (χ3v) is 16.1. The minimum Gasteiger partial charge on any atom is -1.00 e.